The van der Waals surface area contributed by atoms with Crippen molar-refractivity contribution in [3.05, 3.63) is 33.9 Å². The highest BCUT2D eigenvalue weighted by Gasteiger charge is 2.23. The van der Waals surface area contributed by atoms with Crippen LogP contribution in [-0.2, 0) is 0 Å². The molecule has 1 saturated heterocycles. The first-order valence-electron chi connectivity index (χ1n) is 5.39. The smallest absolute Gasteiger partial charge is 0.00939 e. The molecule has 1 heteroatoms. The van der Waals surface area contributed by atoms with Crippen molar-refractivity contribution < 1.29 is 0 Å². The molecule has 1 N–H and O–H groups in total. The van der Waals surface area contributed by atoms with Gasteiger partial charge in [0.25, 0.3) is 0 Å². The summed E-state index contributed by atoms with van der Waals surface area (Å²) in [7, 11) is 0. The summed E-state index contributed by atoms with van der Waals surface area (Å²) in [5, 5.41) is 3.35. The van der Waals surface area contributed by atoms with Crippen LogP contribution < -0.4 is 5.32 Å². The first-order valence-corrected chi connectivity index (χ1v) is 5.39. The van der Waals surface area contributed by atoms with Crippen molar-refractivity contribution in [3.8, 4) is 0 Å². The SMILES string of the molecule is Cc1cc(C)c(C)c(C2CNC2)c1C. The van der Waals surface area contributed by atoms with Gasteiger partial charge >= 0.3 is 0 Å². The lowest BCUT2D eigenvalue weighted by Crippen LogP contribution is -2.40. The van der Waals surface area contributed by atoms with E-state index in [0.717, 1.165) is 19.0 Å². The molecule has 1 fully saturated rings. The van der Waals surface area contributed by atoms with E-state index in [1.165, 1.54) is 22.3 Å². The average Bonchev–Trinajstić information content (AvgIpc) is 2.06. The summed E-state index contributed by atoms with van der Waals surface area (Å²) >= 11 is 0. The monoisotopic (exact) mass is 189 g/mol. The summed E-state index contributed by atoms with van der Waals surface area (Å²) in [5.41, 5.74) is 7.48. The molecule has 76 valence electrons. The summed E-state index contributed by atoms with van der Waals surface area (Å²) < 4.78 is 0. The third-order valence-corrected chi connectivity index (χ3v) is 3.61. The van der Waals surface area contributed by atoms with Gasteiger partial charge in [0.1, 0.15) is 0 Å². The predicted molar refractivity (Wildman–Crippen MR) is 61.0 cm³/mol. The zero-order valence-electron chi connectivity index (χ0n) is 9.57. The normalized spacial score (nSPS) is 16.9. The number of aryl methyl sites for hydroxylation is 2. The number of nitrogens with one attached hydrogen (secondary N) is 1. The molecule has 1 aliphatic rings. The van der Waals surface area contributed by atoms with Gasteiger partial charge in [-0.3, -0.25) is 0 Å². The van der Waals surface area contributed by atoms with Gasteiger partial charge in [-0.1, -0.05) is 6.07 Å². The lowest BCUT2D eigenvalue weighted by Gasteiger charge is -2.31. The number of hydrogen-bond acceptors (Lipinski definition) is 1. The van der Waals surface area contributed by atoms with E-state index in [1.54, 1.807) is 5.56 Å². The van der Waals surface area contributed by atoms with E-state index in [4.69, 9.17) is 0 Å². The van der Waals surface area contributed by atoms with Crippen molar-refractivity contribution in [2.24, 2.45) is 0 Å². The summed E-state index contributed by atoms with van der Waals surface area (Å²) in [6, 6.07) is 2.31. The minimum absolute atomic E-state index is 0.758. The molecule has 1 aromatic carbocycles. The van der Waals surface area contributed by atoms with Gasteiger partial charge < -0.3 is 5.32 Å². The molecule has 2 rings (SSSR count). The van der Waals surface area contributed by atoms with Gasteiger partial charge in [-0.15, -0.1) is 0 Å². The lowest BCUT2D eigenvalue weighted by molar-refractivity contribution is 0.445. The van der Waals surface area contributed by atoms with E-state index in [0.29, 0.717) is 0 Å². The fraction of sp³-hybridized carbons (Fsp3) is 0.538. The number of rotatable bonds is 1. The molecule has 1 aromatic rings. The fourth-order valence-corrected chi connectivity index (χ4v) is 2.35. The molecule has 0 spiro atoms. The van der Waals surface area contributed by atoms with Crippen LogP contribution in [0.25, 0.3) is 0 Å². The van der Waals surface area contributed by atoms with E-state index in [9.17, 15) is 0 Å². The maximum Gasteiger partial charge on any atom is 0.00939 e. The maximum atomic E-state index is 3.35. The van der Waals surface area contributed by atoms with Crippen LogP contribution >= 0.6 is 0 Å². The Hall–Kier alpha value is -0.820. The molecular weight excluding hydrogens is 170 g/mol. The molecule has 0 aromatic heterocycles. The summed E-state index contributed by atoms with van der Waals surface area (Å²) in [6.07, 6.45) is 0. The van der Waals surface area contributed by atoms with Crippen LogP contribution in [0.3, 0.4) is 0 Å². The minimum atomic E-state index is 0.758. The molecule has 0 amide bonds. The average molecular weight is 189 g/mol. The zero-order valence-corrected chi connectivity index (χ0v) is 9.57. The minimum Gasteiger partial charge on any atom is -0.315 e. The van der Waals surface area contributed by atoms with Crippen LogP contribution in [0.1, 0.15) is 33.7 Å². The molecule has 0 aliphatic carbocycles. The van der Waals surface area contributed by atoms with Crippen molar-refractivity contribution in [2.45, 2.75) is 33.6 Å². The van der Waals surface area contributed by atoms with E-state index in [-0.39, 0.29) is 0 Å². The molecule has 0 radical (unpaired) electrons. The van der Waals surface area contributed by atoms with Gasteiger partial charge in [-0.25, -0.2) is 0 Å². The largest absolute Gasteiger partial charge is 0.315 e. The van der Waals surface area contributed by atoms with Gasteiger partial charge in [-0.05, 0) is 55.5 Å². The topological polar surface area (TPSA) is 12.0 Å². The molecule has 0 atom stereocenters. The Morgan fingerprint density at radius 1 is 1.00 bits per heavy atom. The highest BCUT2D eigenvalue weighted by molar-refractivity contribution is 5.46. The van der Waals surface area contributed by atoms with Crippen molar-refractivity contribution in [2.75, 3.05) is 13.1 Å². The van der Waals surface area contributed by atoms with Crippen molar-refractivity contribution in [3.63, 3.8) is 0 Å². The first kappa shape index (κ1) is 9.72. The van der Waals surface area contributed by atoms with Crippen molar-refractivity contribution in [1.29, 1.82) is 0 Å². The quantitative estimate of drug-likeness (QED) is 0.716. The van der Waals surface area contributed by atoms with Gasteiger partial charge in [-0.2, -0.15) is 0 Å². The molecule has 1 aliphatic heterocycles. The van der Waals surface area contributed by atoms with E-state index < -0.39 is 0 Å². The maximum absolute atomic E-state index is 3.35. The summed E-state index contributed by atoms with van der Waals surface area (Å²) in [4.78, 5) is 0. The first-order chi connectivity index (χ1) is 6.61. The van der Waals surface area contributed by atoms with Crippen molar-refractivity contribution in [1.82, 2.24) is 5.32 Å². The molecule has 0 saturated carbocycles. The molecule has 0 unspecified atom stereocenters. The van der Waals surface area contributed by atoms with Crippen LogP contribution in [0.5, 0.6) is 0 Å². The third kappa shape index (κ3) is 1.36. The van der Waals surface area contributed by atoms with Crippen molar-refractivity contribution >= 4 is 0 Å². The number of benzene rings is 1. The second-order valence-electron chi connectivity index (χ2n) is 4.53. The van der Waals surface area contributed by atoms with Gasteiger partial charge in [0.2, 0.25) is 0 Å². The Bertz CT molecular complexity index is 336. The molecular formula is C13H19N. The van der Waals surface area contributed by atoms with Crippen LogP contribution in [0, 0.1) is 27.7 Å². The molecule has 1 heterocycles. The zero-order chi connectivity index (χ0) is 10.3. The standard InChI is InChI=1S/C13H19N/c1-8-5-9(2)11(4)13(10(8)3)12-6-14-7-12/h5,12,14H,6-7H2,1-4H3. The van der Waals surface area contributed by atoms with Gasteiger partial charge in [0.15, 0.2) is 0 Å². The Labute approximate surface area is 86.5 Å². The van der Waals surface area contributed by atoms with Crippen LogP contribution in [0.4, 0.5) is 0 Å². The Morgan fingerprint density at radius 2 is 1.50 bits per heavy atom. The second kappa shape index (κ2) is 3.39. The van der Waals surface area contributed by atoms with Crippen LogP contribution in [-0.4, -0.2) is 13.1 Å². The molecule has 14 heavy (non-hydrogen) atoms. The molecule has 1 nitrogen and oxygen atoms in total. The van der Waals surface area contributed by atoms with Crippen LogP contribution in [0.2, 0.25) is 0 Å². The fourth-order valence-electron chi connectivity index (χ4n) is 2.35. The summed E-state index contributed by atoms with van der Waals surface area (Å²) in [5.74, 6) is 0.758. The molecule has 0 bridgehead atoms. The Kier molecular flexibility index (Phi) is 2.36. The van der Waals surface area contributed by atoms with E-state index >= 15 is 0 Å². The van der Waals surface area contributed by atoms with Crippen LogP contribution in [0.15, 0.2) is 6.07 Å². The highest BCUT2D eigenvalue weighted by atomic mass is 14.9. The Morgan fingerprint density at radius 3 is 1.86 bits per heavy atom. The second-order valence-corrected chi connectivity index (χ2v) is 4.53. The summed E-state index contributed by atoms with van der Waals surface area (Å²) in [6.45, 7) is 11.3. The van der Waals surface area contributed by atoms with Gasteiger partial charge in [0.05, 0.1) is 0 Å². The highest BCUT2D eigenvalue weighted by Crippen LogP contribution is 2.30. The third-order valence-electron chi connectivity index (χ3n) is 3.61. The van der Waals surface area contributed by atoms with Gasteiger partial charge in [0, 0.05) is 19.0 Å². The van der Waals surface area contributed by atoms with E-state index in [2.05, 4.69) is 39.1 Å². The Balaban J connectivity index is 2.54. The predicted octanol–water partition coefficient (Wildman–Crippen LogP) is 2.61. The number of hydrogen-bond donors (Lipinski definition) is 1. The van der Waals surface area contributed by atoms with E-state index in [1.807, 2.05) is 0 Å². The lowest BCUT2D eigenvalue weighted by atomic mass is 9.83.